The van der Waals surface area contributed by atoms with Crippen LogP contribution in [0, 0.1) is 0 Å². The molecule has 2 aliphatic rings. The number of carbonyl (C=O) groups excluding carboxylic acids is 1. The minimum atomic E-state index is -0.307. The third-order valence-corrected chi connectivity index (χ3v) is 4.68. The number of benzene rings is 1. The van der Waals surface area contributed by atoms with E-state index in [-0.39, 0.29) is 39.6 Å². The first kappa shape index (κ1) is 8.41. The highest BCUT2D eigenvalue weighted by Gasteiger charge is 2.30. The largest absolute Gasteiger partial charge is 0.295 e. The molecule has 0 bridgehead atoms. The number of thioether (sulfide) groups is 1. The summed E-state index contributed by atoms with van der Waals surface area (Å²) in [5, 5.41) is 0.448. The fourth-order valence-electron chi connectivity index (χ4n) is 2.31. The van der Waals surface area contributed by atoms with E-state index in [1.54, 1.807) is 6.08 Å². The first-order chi connectivity index (χ1) is 10.4. The highest BCUT2D eigenvalue weighted by Crippen LogP contribution is 2.35. The monoisotopic (exact) mass is 283 g/mol. The normalized spacial score (nSPS) is 27.1. The molecule has 18 heavy (non-hydrogen) atoms. The number of hydrogen-bond acceptors (Lipinski definition) is 3. The topological polar surface area (TPSA) is 20.3 Å². The minimum absolute atomic E-state index is 0.0824. The Balaban J connectivity index is 1.85. The molecule has 1 aromatic carbocycles. The maximum atomic E-state index is 11.5. The molecule has 1 atom stereocenters. The van der Waals surface area contributed by atoms with Crippen molar-refractivity contribution in [2.45, 2.75) is 18.2 Å². The Morgan fingerprint density at radius 3 is 3.22 bits per heavy atom. The Bertz CT molecular complexity index is 665. The van der Waals surface area contributed by atoms with Crippen LogP contribution in [0.15, 0.2) is 35.8 Å². The number of piperidine rings is 1. The van der Waals surface area contributed by atoms with Crippen LogP contribution < -0.4 is 0 Å². The van der Waals surface area contributed by atoms with Gasteiger partial charge in [-0.05, 0) is 29.7 Å². The van der Waals surface area contributed by atoms with E-state index in [1.807, 2.05) is 0 Å². The number of halogens is 1. The summed E-state index contributed by atoms with van der Waals surface area (Å²) in [5.74, 6) is 0. The molecular weight excluding hydrogens is 266 g/mol. The molecule has 0 amide bonds. The molecule has 2 aliphatic heterocycles. The molecule has 0 N–H and O–H groups in total. The maximum Gasteiger partial charge on any atom is 0.212 e. The SMILES string of the molecule is [2H]c1c([2H])c([2H])c(CN2CCC3SC(=O)C=C3C2)c(Cl)c1[2H]. The number of fused-ring (bicyclic) bond motifs is 1. The van der Waals surface area contributed by atoms with E-state index in [1.165, 1.54) is 11.8 Å². The summed E-state index contributed by atoms with van der Waals surface area (Å²) in [4.78, 5) is 13.5. The van der Waals surface area contributed by atoms with Gasteiger partial charge < -0.3 is 0 Å². The van der Waals surface area contributed by atoms with Gasteiger partial charge in [-0.3, -0.25) is 9.69 Å². The summed E-state index contributed by atoms with van der Waals surface area (Å²) in [6.45, 7) is 1.78. The molecule has 2 heterocycles. The van der Waals surface area contributed by atoms with Crippen molar-refractivity contribution in [2.24, 2.45) is 0 Å². The minimum Gasteiger partial charge on any atom is -0.295 e. The summed E-state index contributed by atoms with van der Waals surface area (Å²) in [5.41, 5.74) is 1.52. The molecule has 1 unspecified atom stereocenters. The first-order valence-electron chi connectivity index (χ1n) is 7.76. The van der Waals surface area contributed by atoms with E-state index in [0.29, 0.717) is 18.7 Å². The van der Waals surface area contributed by atoms with Crippen molar-refractivity contribution >= 4 is 28.5 Å². The summed E-state index contributed by atoms with van der Waals surface area (Å²) >= 11 is 7.48. The molecular formula is C14H14ClNOS. The number of carbonyl (C=O) groups is 1. The molecule has 0 saturated carbocycles. The zero-order chi connectivity index (χ0) is 16.0. The number of hydrogen-bond donors (Lipinski definition) is 0. The lowest BCUT2D eigenvalue weighted by atomic mass is 10.0. The van der Waals surface area contributed by atoms with Crippen LogP contribution >= 0.6 is 23.4 Å². The standard InChI is InChI=1S/C14H14ClNOS/c15-12-4-2-1-3-10(12)8-16-6-5-13-11(9-16)7-14(17)18-13/h1-4,7,13H,5-6,8-9H2/i1D,2D,3D,4D. The molecule has 1 fully saturated rings. The van der Waals surface area contributed by atoms with Gasteiger partial charge in [0.05, 0.1) is 5.48 Å². The highest BCUT2D eigenvalue weighted by atomic mass is 35.5. The van der Waals surface area contributed by atoms with Gasteiger partial charge in [-0.1, -0.05) is 41.5 Å². The van der Waals surface area contributed by atoms with Crippen LogP contribution in [0.2, 0.25) is 5.02 Å². The van der Waals surface area contributed by atoms with Crippen LogP contribution in [0.5, 0.6) is 0 Å². The van der Waals surface area contributed by atoms with Crippen LogP contribution in [0.1, 0.15) is 17.5 Å². The van der Waals surface area contributed by atoms with Crippen LogP contribution in [0.4, 0.5) is 0 Å². The van der Waals surface area contributed by atoms with Gasteiger partial charge in [0.15, 0.2) is 0 Å². The average molecular weight is 284 g/mol. The van der Waals surface area contributed by atoms with Gasteiger partial charge in [-0.2, -0.15) is 0 Å². The van der Waals surface area contributed by atoms with Gasteiger partial charge in [0.1, 0.15) is 0 Å². The van der Waals surface area contributed by atoms with Crippen molar-refractivity contribution in [3.63, 3.8) is 0 Å². The molecule has 2 nitrogen and oxygen atoms in total. The summed E-state index contributed by atoms with van der Waals surface area (Å²) < 4.78 is 31.2. The van der Waals surface area contributed by atoms with Gasteiger partial charge in [0, 0.05) is 29.9 Å². The van der Waals surface area contributed by atoms with Crippen LogP contribution in [-0.2, 0) is 11.3 Å². The average Bonchev–Trinajstić information content (AvgIpc) is 2.87. The molecule has 3 rings (SSSR count). The fraction of sp³-hybridized carbons (Fsp3) is 0.357. The lowest BCUT2D eigenvalue weighted by Gasteiger charge is -2.31. The predicted molar refractivity (Wildman–Crippen MR) is 75.8 cm³/mol. The van der Waals surface area contributed by atoms with E-state index >= 15 is 0 Å². The lowest BCUT2D eigenvalue weighted by molar-refractivity contribution is -0.106. The highest BCUT2D eigenvalue weighted by molar-refractivity contribution is 8.15. The Morgan fingerprint density at radius 1 is 1.50 bits per heavy atom. The van der Waals surface area contributed by atoms with Gasteiger partial charge >= 0.3 is 0 Å². The smallest absolute Gasteiger partial charge is 0.212 e. The summed E-state index contributed by atoms with van der Waals surface area (Å²) in [6.07, 6.45) is 2.55. The quantitative estimate of drug-likeness (QED) is 0.832. The molecule has 0 aliphatic carbocycles. The van der Waals surface area contributed by atoms with Gasteiger partial charge in [0.25, 0.3) is 0 Å². The second kappa shape index (κ2) is 5.08. The third kappa shape index (κ3) is 2.48. The maximum absolute atomic E-state index is 11.5. The Labute approximate surface area is 122 Å². The number of nitrogens with zero attached hydrogens (tertiary/aromatic N) is 1. The lowest BCUT2D eigenvalue weighted by Crippen LogP contribution is -2.35. The van der Waals surface area contributed by atoms with E-state index in [4.69, 9.17) is 17.1 Å². The van der Waals surface area contributed by atoms with Crippen molar-refractivity contribution in [3.8, 4) is 0 Å². The first-order valence-corrected chi connectivity index (χ1v) is 7.02. The second-order valence-corrected chi connectivity index (χ2v) is 6.02. The zero-order valence-corrected chi connectivity index (χ0v) is 11.2. The van der Waals surface area contributed by atoms with Gasteiger partial charge in [0.2, 0.25) is 5.12 Å². The van der Waals surface area contributed by atoms with Crippen molar-refractivity contribution in [1.29, 1.82) is 0 Å². The molecule has 0 aromatic heterocycles. The van der Waals surface area contributed by atoms with E-state index < -0.39 is 0 Å². The van der Waals surface area contributed by atoms with Crippen LogP contribution in [0.25, 0.3) is 0 Å². The Kier molecular flexibility index (Phi) is 2.37. The van der Waals surface area contributed by atoms with E-state index in [9.17, 15) is 4.79 Å². The van der Waals surface area contributed by atoms with Crippen LogP contribution in [-0.4, -0.2) is 28.4 Å². The molecule has 94 valence electrons. The van der Waals surface area contributed by atoms with Crippen LogP contribution in [0.3, 0.4) is 0 Å². The molecule has 0 radical (unpaired) electrons. The predicted octanol–water partition coefficient (Wildman–Crippen LogP) is 3.11. The summed E-state index contributed by atoms with van der Waals surface area (Å²) in [7, 11) is 0. The number of likely N-dealkylation sites (tertiary alicyclic amines) is 1. The number of rotatable bonds is 2. The molecule has 1 aromatic rings. The Hall–Kier alpha value is -0.770. The van der Waals surface area contributed by atoms with Crippen molar-refractivity contribution in [3.05, 3.63) is 46.4 Å². The molecule has 4 heteroatoms. The molecule has 1 saturated heterocycles. The van der Waals surface area contributed by atoms with Gasteiger partial charge in [-0.25, -0.2) is 0 Å². The summed E-state index contributed by atoms with van der Waals surface area (Å²) in [6, 6.07) is -0.847. The Morgan fingerprint density at radius 2 is 2.33 bits per heavy atom. The van der Waals surface area contributed by atoms with E-state index in [0.717, 1.165) is 18.5 Å². The van der Waals surface area contributed by atoms with Crippen molar-refractivity contribution < 1.29 is 10.3 Å². The zero-order valence-electron chi connectivity index (χ0n) is 13.6. The molecule has 0 spiro atoms. The van der Waals surface area contributed by atoms with Gasteiger partial charge in [-0.15, -0.1) is 0 Å². The second-order valence-electron chi connectivity index (χ2n) is 4.44. The van der Waals surface area contributed by atoms with Crippen molar-refractivity contribution in [1.82, 2.24) is 4.90 Å². The third-order valence-electron chi connectivity index (χ3n) is 3.18. The fourth-order valence-corrected chi connectivity index (χ4v) is 3.49. The van der Waals surface area contributed by atoms with Crippen molar-refractivity contribution in [2.75, 3.05) is 13.1 Å². The van der Waals surface area contributed by atoms with E-state index in [2.05, 4.69) is 4.90 Å².